The summed E-state index contributed by atoms with van der Waals surface area (Å²) in [7, 11) is 0. The Kier molecular flexibility index (Phi) is 3.38. The summed E-state index contributed by atoms with van der Waals surface area (Å²) >= 11 is 0. The van der Waals surface area contributed by atoms with E-state index in [9.17, 15) is 5.11 Å². The van der Waals surface area contributed by atoms with Crippen molar-refractivity contribution in [1.29, 1.82) is 0 Å². The monoisotopic (exact) mass is 256 g/mol. The van der Waals surface area contributed by atoms with Crippen LogP contribution < -0.4 is 0 Å². The van der Waals surface area contributed by atoms with Crippen LogP contribution in [-0.4, -0.2) is 21.3 Å². The quantitative estimate of drug-likeness (QED) is 0.915. The fourth-order valence-electron chi connectivity index (χ4n) is 2.85. The highest BCUT2D eigenvalue weighted by Crippen LogP contribution is 2.23. The van der Waals surface area contributed by atoms with Crippen molar-refractivity contribution < 1.29 is 5.11 Å². The van der Waals surface area contributed by atoms with Crippen molar-refractivity contribution in [3.63, 3.8) is 0 Å². The number of hydrogen-bond acceptors (Lipinski definition) is 2. The van der Waals surface area contributed by atoms with Gasteiger partial charge in [-0.2, -0.15) is 0 Å². The molecule has 3 heteroatoms. The second-order valence-corrected chi connectivity index (χ2v) is 5.47. The summed E-state index contributed by atoms with van der Waals surface area (Å²) < 4.78 is 2.30. The minimum absolute atomic E-state index is 0.279. The lowest BCUT2D eigenvalue weighted by Gasteiger charge is -2.24. The molecule has 0 saturated carbocycles. The Morgan fingerprint density at radius 2 is 2.21 bits per heavy atom. The van der Waals surface area contributed by atoms with Gasteiger partial charge in [-0.15, -0.1) is 0 Å². The maximum Gasteiger partial charge on any atom is 0.113 e. The highest BCUT2D eigenvalue weighted by atomic mass is 16.3. The fraction of sp³-hybridized carbons (Fsp3) is 0.438. The van der Waals surface area contributed by atoms with E-state index in [1.807, 2.05) is 6.20 Å². The minimum Gasteiger partial charge on any atom is -0.396 e. The molecule has 0 bridgehead atoms. The number of aromatic nitrogens is 2. The van der Waals surface area contributed by atoms with Crippen LogP contribution in [0.5, 0.6) is 0 Å². The summed E-state index contributed by atoms with van der Waals surface area (Å²) in [4.78, 5) is 4.58. The Morgan fingerprint density at radius 1 is 1.37 bits per heavy atom. The van der Waals surface area contributed by atoms with E-state index in [4.69, 9.17) is 0 Å². The van der Waals surface area contributed by atoms with Crippen molar-refractivity contribution in [3.8, 4) is 0 Å². The van der Waals surface area contributed by atoms with E-state index in [1.165, 1.54) is 16.8 Å². The lowest BCUT2D eigenvalue weighted by atomic mass is 9.98. The zero-order valence-electron chi connectivity index (χ0n) is 11.3. The van der Waals surface area contributed by atoms with Crippen LogP contribution in [0.4, 0.5) is 0 Å². The van der Waals surface area contributed by atoms with Gasteiger partial charge in [-0.3, -0.25) is 0 Å². The van der Waals surface area contributed by atoms with Gasteiger partial charge in [-0.1, -0.05) is 24.3 Å². The van der Waals surface area contributed by atoms with Gasteiger partial charge in [-0.25, -0.2) is 4.98 Å². The van der Waals surface area contributed by atoms with E-state index in [0.717, 1.165) is 31.6 Å². The molecular weight excluding hydrogens is 236 g/mol. The molecule has 1 unspecified atom stereocenters. The number of aryl methyl sites for hydroxylation is 2. The number of nitrogens with zero attached hydrogens (tertiary/aromatic N) is 2. The maximum absolute atomic E-state index is 9.35. The zero-order valence-corrected chi connectivity index (χ0v) is 11.3. The zero-order chi connectivity index (χ0) is 13.2. The molecule has 2 aromatic rings. The van der Waals surface area contributed by atoms with Crippen LogP contribution in [-0.2, 0) is 19.4 Å². The number of aliphatic hydroxyl groups is 1. The Balaban J connectivity index is 1.87. The third-order valence-corrected chi connectivity index (χ3v) is 4.14. The van der Waals surface area contributed by atoms with E-state index < -0.39 is 0 Å². The first-order chi connectivity index (χ1) is 9.28. The van der Waals surface area contributed by atoms with E-state index >= 15 is 0 Å². The van der Waals surface area contributed by atoms with Gasteiger partial charge in [0, 0.05) is 37.4 Å². The number of rotatable bonds is 3. The summed E-state index contributed by atoms with van der Waals surface area (Å²) in [6.07, 6.45) is 4.99. The molecule has 1 atom stereocenters. The molecule has 0 fully saturated rings. The highest BCUT2D eigenvalue weighted by molar-refractivity contribution is 5.29. The molecule has 0 aliphatic carbocycles. The minimum atomic E-state index is 0.279. The number of aliphatic hydroxyl groups excluding tert-OH is 1. The first-order valence-corrected chi connectivity index (χ1v) is 6.96. The van der Waals surface area contributed by atoms with Gasteiger partial charge in [0.1, 0.15) is 5.82 Å². The van der Waals surface area contributed by atoms with E-state index in [2.05, 4.69) is 40.7 Å². The Hall–Kier alpha value is -1.61. The topological polar surface area (TPSA) is 38.0 Å². The number of imidazole rings is 1. The smallest absolute Gasteiger partial charge is 0.113 e. The summed E-state index contributed by atoms with van der Waals surface area (Å²) in [5, 5.41) is 9.35. The second kappa shape index (κ2) is 5.17. The summed E-state index contributed by atoms with van der Waals surface area (Å²) in [5.74, 6) is 1.51. The summed E-state index contributed by atoms with van der Waals surface area (Å²) in [5.41, 5.74) is 3.96. The van der Waals surface area contributed by atoms with Crippen LogP contribution in [0.2, 0.25) is 0 Å². The molecule has 1 N–H and O–H groups in total. The molecule has 0 spiro atoms. The molecule has 3 nitrogen and oxygen atoms in total. The van der Waals surface area contributed by atoms with Gasteiger partial charge in [0.2, 0.25) is 0 Å². The average molecular weight is 256 g/mol. The lowest BCUT2D eigenvalue weighted by molar-refractivity contribution is 0.190. The van der Waals surface area contributed by atoms with E-state index in [1.54, 1.807) is 0 Å². The van der Waals surface area contributed by atoms with Crippen LogP contribution >= 0.6 is 0 Å². The Bertz CT molecular complexity index is 574. The lowest BCUT2D eigenvalue weighted by Crippen LogP contribution is -2.24. The van der Waals surface area contributed by atoms with Crippen molar-refractivity contribution in [2.24, 2.45) is 5.92 Å². The third kappa shape index (κ3) is 2.43. The Labute approximate surface area is 113 Å². The van der Waals surface area contributed by atoms with Crippen molar-refractivity contribution in [2.45, 2.75) is 32.7 Å². The molecule has 100 valence electrons. The maximum atomic E-state index is 9.35. The van der Waals surface area contributed by atoms with E-state index in [0.29, 0.717) is 5.92 Å². The van der Waals surface area contributed by atoms with Crippen LogP contribution in [0.25, 0.3) is 0 Å². The number of benzene rings is 1. The van der Waals surface area contributed by atoms with Gasteiger partial charge in [0.05, 0.1) is 0 Å². The van der Waals surface area contributed by atoms with Crippen molar-refractivity contribution in [1.82, 2.24) is 9.55 Å². The molecule has 1 aliphatic heterocycles. The predicted molar refractivity (Wildman–Crippen MR) is 75.1 cm³/mol. The van der Waals surface area contributed by atoms with Crippen LogP contribution in [0.3, 0.4) is 0 Å². The molecule has 1 aromatic carbocycles. The molecule has 0 radical (unpaired) electrons. The van der Waals surface area contributed by atoms with Crippen molar-refractivity contribution >= 4 is 0 Å². The molecule has 3 rings (SSSR count). The van der Waals surface area contributed by atoms with Gasteiger partial charge < -0.3 is 9.67 Å². The first-order valence-electron chi connectivity index (χ1n) is 6.96. The molecule has 2 heterocycles. The van der Waals surface area contributed by atoms with Crippen LogP contribution in [0, 0.1) is 12.8 Å². The number of hydrogen-bond donors (Lipinski definition) is 1. The first kappa shape index (κ1) is 12.4. The molecule has 0 amide bonds. The van der Waals surface area contributed by atoms with Crippen molar-refractivity contribution in [2.75, 3.05) is 6.61 Å². The van der Waals surface area contributed by atoms with Crippen molar-refractivity contribution in [3.05, 3.63) is 53.1 Å². The average Bonchev–Trinajstić information content (AvgIpc) is 2.84. The molecule has 19 heavy (non-hydrogen) atoms. The molecule has 0 saturated heterocycles. The number of fused-ring (bicyclic) bond motifs is 1. The standard InChI is InChI=1S/C16H20N2O/c1-12-4-2-3-5-14(12)8-16-17-9-15-7-6-13(11-19)10-18(15)16/h2-5,9,13,19H,6-8,10-11H2,1H3. The van der Waals surface area contributed by atoms with Crippen LogP contribution in [0.15, 0.2) is 30.5 Å². The van der Waals surface area contributed by atoms with Gasteiger partial charge >= 0.3 is 0 Å². The predicted octanol–water partition coefficient (Wildman–Crippen LogP) is 2.34. The largest absolute Gasteiger partial charge is 0.396 e. The summed E-state index contributed by atoms with van der Waals surface area (Å²) in [6.45, 7) is 3.33. The normalized spacial score (nSPS) is 18.3. The van der Waals surface area contributed by atoms with Gasteiger partial charge in [-0.05, 0) is 30.9 Å². The SMILES string of the molecule is Cc1ccccc1Cc1ncc2n1CC(CO)CC2. The van der Waals surface area contributed by atoms with E-state index in [-0.39, 0.29) is 6.61 Å². The fourth-order valence-corrected chi connectivity index (χ4v) is 2.85. The molecule has 1 aliphatic rings. The van der Waals surface area contributed by atoms with Gasteiger partial charge in [0.15, 0.2) is 0 Å². The molecule has 1 aromatic heterocycles. The second-order valence-electron chi connectivity index (χ2n) is 5.47. The Morgan fingerprint density at radius 3 is 3.00 bits per heavy atom. The van der Waals surface area contributed by atoms with Crippen LogP contribution in [0.1, 0.15) is 29.1 Å². The molecular formula is C16H20N2O. The summed E-state index contributed by atoms with van der Waals surface area (Å²) in [6, 6.07) is 8.47. The van der Waals surface area contributed by atoms with Gasteiger partial charge in [0.25, 0.3) is 0 Å². The highest BCUT2D eigenvalue weighted by Gasteiger charge is 2.20. The third-order valence-electron chi connectivity index (χ3n) is 4.14.